The van der Waals surface area contributed by atoms with Crippen LogP contribution in [0.4, 0.5) is 0 Å². The maximum absolute atomic E-state index is 12.7. The Bertz CT molecular complexity index is 991. The van der Waals surface area contributed by atoms with Gasteiger partial charge in [0, 0.05) is 13.1 Å². The number of ether oxygens (including phenoxy) is 1. The second kappa shape index (κ2) is 8.09. The predicted octanol–water partition coefficient (Wildman–Crippen LogP) is 3.35. The molecule has 1 saturated heterocycles. The highest BCUT2D eigenvalue weighted by Crippen LogP contribution is 2.28. The number of hydrogen-bond acceptors (Lipinski definition) is 5. The zero-order chi connectivity index (χ0) is 19.4. The third-order valence-corrected chi connectivity index (χ3v) is 6.68. The van der Waals surface area contributed by atoms with Gasteiger partial charge < -0.3 is 4.74 Å². The van der Waals surface area contributed by atoms with E-state index in [9.17, 15) is 13.2 Å². The van der Waals surface area contributed by atoms with Gasteiger partial charge in [0.15, 0.2) is 0 Å². The molecule has 0 radical (unpaired) electrons. The zero-order valence-electron chi connectivity index (χ0n) is 14.4. The minimum Gasteiger partial charge on any atom is -0.457 e. The highest BCUT2D eigenvalue weighted by atomic mass is 35.5. The fourth-order valence-electron chi connectivity index (χ4n) is 2.80. The number of rotatable bonds is 5. The van der Waals surface area contributed by atoms with Crippen LogP contribution in [0.15, 0.2) is 47.4 Å². The quantitative estimate of drug-likeness (QED) is 0.713. The number of carbonyl (C=O) groups is 1. The van der Waals surface area contributed by atoms with Gasteiger partial charge in [-0.05, 0) is 48.7 Å². The van der Waals surface area contributed by atoms with E-state index in [1.54, 1.807) is 24.3 Å². The predicted molar refractivity (Wildman–Crippen MR) is 99.7 cm³/mol. The van der Waals surface area contributed by atoms with Crippen molar-refractivity contribution >= 4 is 27.6 Å². The fourth-order valence-corrected chi connectivity index (χ4v) is 4.82. The first kappa shape index (κ1) is 19.4. The van der Waals surface area contributed by atoms with Crippen LogP contribution in [-0.4, -0.2) is 31.8 Å². The summed E-state index contributed by atoms with van der Waals surface area (Å²) in [7, 11) is -3.74. The molecule has 0 aliphatic carbocycles. The molecule has 1 aliphatic rings. The van der Waals surface area contributed by atoms with Crippen molar-refractivity contribution < 1.29 is 17.9 Å². The first-order chi connectivity index (χ1) is 12.9. The van der Waals surface area contributed by atoms with Crippen molar-refractivity contribution in [1.82, 2.24) is 4.31 Å². The van der Waals surface area contributed by atoms with E-state index in [2.05, 4.69) is 0 Å². The SMILES string of the molecule is N#Cc1ccc(COC(=O)c2ccc(Cl)c(S(=O)(=O)N3CCCC3)c2)cc1. The molecule has 0 amide bonds. The molecule has 2 aromatic rings. The first-order valence-electron chi connectivity index (χ1n) is 8.37. The van der Waals surface area contributed by atoms with Crippen molar-refractivity contribution in [3.63, 3.8) is 0 Å². The molecular formula is C19H17ClN2O4S. The molecule has 0 spiro atoms. The lowest BCUT2D eigenvalue weighted by molar-refractivity contribution is 0.0472. The normalized spacial score (nSPS) is 14.7. The van der Waals surface area contributed by atoms with Gasteiger partial charge in [0.25, 0.3) is 0 Å². The summed E-state index contributed by atoms with van der Waals surface area (Å²) in [4.78, 5) is 12.2. The molecule has 0 bridgehead atoms. The molecule has 6 nitrogen and oxygen atoms in total. The van der Waals surface area contributed by atoms with Crippen molar-refractivity contribution in [2.75, 3.05) is 13.1 Å². The molecule has 1 aliphatic heterocycles. The van der Waals surface area contributed by atoms with Crippen LogP contribution >= 0.6 is 11.6 Å². The average Bonchev–Trinajstić information content (AvgIpc) is 3.22. The van der Waals surface area contributed by atoms with Crippen molar-refractivity contribution in [2.24, 2.45) is 0 Å². The van der Waals surface area contributed by atoms with Crippen LogP contribution in [0.5, 0.6) is 0 Å². The standard InChI is InChI=1S/C19H17ClN2O4S/c20-17-8-7-16(11-18(17)27(24,25)22-9-1-2-10-22)19(23)26-13-15-5-3-14(12-21)4-6-15/h3-8,11H,1-2,9-10,13H2. The molecule has 0 aromatic heterocycles. The van der Waals surface area contributed by atoms with Gasteiger partial charge in [0.2, 0.25) is 10.0 Å². The van der Waals surface area contributed by atoms with Gasteiger partial charge in [0.1, 0.15) is 11.5 Å². The Morgan fingerprint density at radius 2 is 1.81 bits per heavy atom. The summed E-state index contributed by atoms with van der Waals surface area (Å²) < 4.78 is 32.1. The van der Waals surface area contributed by atoms with E-state index in [4.69, 9.17) is 21.6 Å². The monoisotopic (exact) mass is 404 g/mol. The largest absolute Gasteiger partial charge is 0.457 e. The van der Waals surface area contributed by atoms with Crippen LogP contribution < -0.4 is 0 Å². The van der Waals surface area contributed by atoms with Gasteiger partial charge in [-0.1, -0.05) is 23.7 Å². The molecular weight excluding hydrogens is 388 g/mol. The van der Waals surface area contributed by atoms with E-state index in [0.717, 1.165) is 18.4 Å². The summed E-state index contributed by atoms with van der Waals surface area (Å²) in [6.07, 6.45) is 1.62. The maximum Gasteiger partial charge on any atom is 0.338 e. The van der Waals surface area contributed by atoms with E-state index < -0.39 is 16.0 Å². The van der Waals surface area contributed by atoms with E-state index in [1.165, 1.54) is 22.5 Å². The number of nitriles is 1. The molecule has 0 atom stereocenters. The summed E-state index contributed by atoms with van der Waals surface area (Å²) in [5.41, 5.74) is 1.35. The Hall–Kier alpha value is -2.40. The van der Waals surface area contributed by atoms with Gasteiger partial charge in [-0.2, -0.15) is 9.57 Å². The van der Waals surface area contributed by atoms with Gasteiger partial charge >= 0.3 is 5.97 Å². The Kier molecular flexibility index (Phi) is 5.80. The average molecular weight is 405 g/mol. The molecule has 8 heteroatoms. The molecule has 1 heterocycles. The number of carbonyl (C=O) groups excluding carboxylic acids is 1. The summed E-state index contributed by atoms with van der Waals surface area (Å²) in [6, 6.07) is 12.7. The van der Waals surface area contributed by atoms with Gasteiger partial charge in [-0.15, -0.1) is 0 Å². The lowest BCUT2D eigenvalue weighted by atomic mass is 10.1. The van der Waals surface area contributed by atoms with E-state index in [1.807, 2.05) is 6.07 Å². The molecule has 27 heavy (non-hydrogen) atoms. The van der Waals surface area contributed by atoms with Crippen molar-refractivity contribution in [2.45, 2.75) is 24.3 Å². The van der Waals surface area contributed by atoms with Crippen LogP contribution in [0.2, 0.25) is 5.02 Å². The molecule has 140 valence electrons. The Balaban J connectivity index is 1.76. The second-order valence-corrected chi connectivity index (χ2v) is 8.45. The number of sulfonamides is 1. The molecule has 0 N–H and O–H groups in total. The van der Waals surface area contributed by atoms with E-state index in [0.29, 0.717) is 18.7 Å². The van der Waals surface area contributed by atoms with Crippen LogP contribution in [0, 0.1) is 11.3 Å². The third kappa shape index (κ3) is 4.30. The van der Waals surface area contributed by atoms with Gasteiger partial charge in [0.05, 0.1) is 22.2 Å². The number of nitrogens with zero attached hydrogens (tertiary/aromatic N) is 2. The molecule has 0 saturated carbocycles. The molecule has 2 aromatic carbocycles. The summed E-state index contributed by atoms with van der Waals surface area (Å²) >= 11 is 6.08. The lowest BCUT2D eigenvalue weighted by Gasteiger charge is -2.17. The Morgan fingerprint density at radius 3 is 2.44 bits per heavy atom. The van der Waals surface area contributed by atoms with Crippen molar-refractivity contribution in [3.8, 4) is 6.07 Å². The Morgan fingerprint density at radius 1 is 1.15 bits per heavy atom. The number of benzene rings is 2. The lowest BCUT2D eigenvalue weighted by Crippen LogP contribution is -2.28. The summed E-state index contributed by atoms with van der Waals surface area (Å²) in [5.74, 6) is -0.645. The van der Waals surface area contributed by atoms with Gasteiger partial charge in [-0.25, -0.2) is 13.2 Å². The Labute approximate surface area is 163 Å². The minimum absolute atomic E-state index is 0.0153. The minimum atomic E-state index is -3.74. The third-order valence-electron chi connectivity index (χ3n) is 4.30. The molecule has 0 unspecified atom stereocenters. The highest BCUT2D eigenvalue weighted by molar-refractivity contribution is 7.89. The zero-order valence-corrected chi connectivity index (χ0v) is 16.0. The van der Waals surface area contributed by atoms with Crippen LogP contribution in [0.3, 0.4) is 0 Å². The van der Waals surface area contributed by atoms with Crippen LogP contribution in [0.25, 0.3) is 0 Å². The number of halogens is 1. The smallest absolute Gasteiger partial charge is 0.338 e. The van der Waals surface area contributed by atoms with E-state index >= 15 is 0 Å². The van der Waals surface area contributed by atoms with Crippen LogP contribution in [0.1, 0.15) is 34.3 Å². The number of esters is 1. The number of hydrogen-bond donors (Lipinski definition) is 0. The van der Waals surface area contributed by atoms with E-state index in [-0.39, 0.29) is 22.1 Å². The highest BCUT2D eigenvalue weighted by Gasteiger charge is 2.29. The fraction of sp³-hybridized carbons (Fsp3) is 0.263. The molecule has 1 fully saturated rings. The van der Waals surface area contributed by atoms with Crippen LogP contribution in [-0.2, 0) is 21.4 Å². The van der Waals surface area contributed by atoms with Crippen molar-refractivity contribution in [3.05, 3.63) is 64.2 Å². The van der Waals surface area contributed by atoms with Crippen molar-refractivity contribution in [1.29, 1.82) is 5.26 Å². The molecule has 3 rings (SSSR count). The topological polar surface area (TPSA) is 87.5 Å². The summed E-state index contributed by atoms with van der Waals surface area (Å²) in [5, 5.41) is 8.86. The first-order valence-corrected chi connectivity index (χ1v) is 10.2. The van der Waals surface area contributed by atoms with Gasteiger partial charge in [-0.3, -0.25) is 0 Å². The summed E-state index contributed by atoms with van der Waals surface area (Å²) in [6.45, 7) is 0.916. The second-order valence-electron chi connectivity index (χ2n) is 6.14. The maximum atomic E-state index is 12.7.